The van der Waals surface area contributed by atoms with Crippen molar-refractivity contribution in [1.82, 2.24) is 10.3 Å². The summed E-state index contributed by atoms with van der Waals surface area (Å²) >= 11 is 3.01. The lowest BCUT2D eigenvalue weighted by molar-refractivity contribution is 0.0943. The number of methoxy groups -OCH3 is 1. The molecule has 2 heterocycles. The molecule has 0 saturated heterocycles. The zero-order chi connectivity index (χ0) is 19.4. The lowest BCUT2D eigenvalue weighted by Gasteiger charge is -2.18. The Labute approximate surface area is 167 Å². The van der Waals surface area contributed by atoms with Gasteiger partial charge in [-0.25, -0.2) is 4.98 Å². The van der Waals surface area contributed by atoms with E-state index in [0.717, 1.165) is 15.4 Å². The van der Waals surface area contributed by atoms with Crippen LogP contribution < -0.4 is 14.8 Å². The van der Waals surface area contributed by atoms with Gasteiger partial charge >= 0.3 is 0 Å². The van der Waals surface area contributed by atoms with E-state index in [9.17, 15) is 4.79 Å². The van der Waals surface area contributed by atoms with Gasteiger partial charge in [0.05, 0.1) is 30.3 Å². The number of ether oxygens (including phenoxy) is 2. The highest BCUT2D eigenvalue weighted by atomic mass is 32.1. The van der Waals surface area contributed by atoms with Gasteiger partial charge < -0.3 is 14.8 Å². The van der Waals surface area contributed by atoms with Gasteiger partial charge in [-0.1, -0.05) is 12.1 Å². The predicted molar refractivity (Wildman–Crippen MR) is 110 cm³/mol. The SMILES string of the molecule is COc1cc(C(C)NC(=O)c2cnc(-c3cccs3)s2)ccc1OC(C)C. The second-order valence-electron chi connectivity index (χ2n) is 6.28. The fourth-order valence-electron chi connectivity index (χ4n) is 2.55. The van der Waals surface area contributed by atoms with Crippen LogP contribution in [0, 0.1) is 0 Å². The van der Waals surface area contributed by atoms with Crippen LogP contribution in [0.5, 0.6) is 11.5 Å². The Kier molecular flexibility index (Phi) is 6.13. The monoisotopic (exact) mass is 402 g/mol. The Balaban J connectivity index is 1.71. The van der Waals surface area contributed by atoms with Gasteiger partial charge in [0, 0.05) is 0 Å². The van der Waals surface area contributed by atoms with E-state index in [1.165, 1.54) is 11.3 Å². The Hall–Kier alpha value is -2.38. The smallest absolute Gasteiger partial charge is 0.263 e. The molecule has 0 aliphatic carbocycles. The first-order chi connectivity index (χ1) is 13.0. The lowest BCUT2D eigenvalue weighted by atomic mass is 10.1. The number of hydrogen-bond acceptors (Lipinski definition) is 6. The number of hydrogen-bond donors (Lipinski definition) is 1. The van der Waals surface area contributed by atoms with Gasteiger partial charge in [0.2, 0.25) is 0 Å². The quantitative estimate of drug-likeness (QED) is 0.593. The molecule has 0 fully saturated rings. The molecule has 5 nitrogen and oxygen atoms in total. The van der Waals surface area contributed by atoms with Crippen LogP contribution in [-0.4, -0.2) is 24.1 Å². The van der Waals surface area contributed by atoms with Crippen LogP contribution in [0.1, 0.15) is 42.0 Å². The maximum Gasteiger partial charge on any atom is 0.263 e. The lowest BCUT2D eigenvalue weighted by Crippen LogP contribution is -2.25. The number of rotatable bonds is 7. The van der Waals surface area contributed by atoms with E-state index in [-0.39, 0.29) is 18.1 Å². The van der Waals surface area contributed by atoms with Crippen molar-refractivity contribution in [3.05, 3.63) is 52.3 Å². The van der Waals surface area contributed by atoms with Gasteiger partial charge in [0.1, 0.15) is 9.88 Å². The highest BCUT2D eigenvalue weighted by molar-refractivity contribution is 7.21. The first kappa shape index (κ1) is 19.4. The Morgan fingerprint density at radius 2 is 2.00 bits per heavy atom. The summed E-state index contributed by atoms with van der Waals surface area (Å²) in [5.74, 6) is 1.21. The number of aromatic nitrogens is 1. The number of thiazole rings is 1. The molecule has 3 rings (SSSR count). The third-order valence-corrected chi connectivity index (χ3v) is 5.89. The molecule has 142 valence electrons. The molecular weight excluding hydrogens is 380 g/mol. The van der Waals surface area contributed by atoms with Crippen LogP contribution in [-0.2, 0) is 0 Å². The molecule has 0 aliphatic rings. The van der Waals surface area contributed by atoms with E-state index in [4.69, 9.17) is 9.47 Å². The molecule has 0 bridgehead atoms. The van der Waals surface area contributed by atoms with E-state index < -0.39 is 0 Å². The van der Waals surface area contributed by atoms with E-state index in [1.54, 1.807) is 24.6 Å². The summed E-state index contributed by atoms with van der Waals surface area (Å²) < 4.78 is 11.2. The fraction of sp³-hybridized carbons (Fsp3) is 0.300. The predicted octanol–water partition coefficient (Wildman–Crippen LogP) is 5.16. The summed E-state index contributed by atoms with van der Waals surface area (Å²) in [6.45, 7) is 5.88. The van der Waals surface area contributed by atoms with Crippen molar-refractivity contribution in [1.29, 1.82) is 0 Å². The number of carbonyl (C=O) groups excluding carboxylic acids is 1. The second-order valence-corrected chi connectivity index (χ2v) is 8.26. The van der Waals surface area contributed by atoms with Crippen LogP contribution in [0.25, 0.3) is 9.88 Å². The normalized spacial score (nSPS) is 12.0. The summed E-state index contributed by atoms with van der Waals surface area (Å²) in [6, 6.07) is 9.51. The average Bonchev–Trinajstić information content (AvgIpc) is 3.32. The van der Waals surface area contributed by atoms with E-state index in [0.29, 0.717) is 16.4 Å². The van der Waals surface area contributed by atoms with Crippen LogP contribution in [0.15, 0.2) is 41.9 Å². The molecule has 1 amide bonds. The van der Waals surface area contributed by atoms with Crippen LogP contribution in [0.2, 0.25) is 0 Å². The third kappa shape index (κ3) is 4.67. The van der Waals surface area contributed by atoms with Gasteiger partial charge in [-0.05, 0) is 49.9 Å². The first-order valence-electron chi connectivity index (χ1n) is 8.63. The first-order valence-corrected chi connectivity index (χ1v) is 10.3. The van der Waals surface area contributed by atoms with Crippen molar-refractivity contribution in [2.75, 3.05) is 7.11 Å². The molecule has 27 heavy (non-hydrogen) atoms. The molecule has 1 unspecified atom stereocenters. The van der Waals surface area contributed by atoms with E-state index in [1.807, 2.05) is 56.5 Å². The molecule has 0 aliphatic heterocycles. The van der Waals surface area contributed by atoms with Gasteiger partial charge in [0.15, 0.2) is 11.5 Å². The summed E-state index contributed by atoms with van der Waals surface area (Å²) in [7, 11) is 1.61. The fourth-order valence-corrected chi connectivity index (χ4v) is 4.17. The molecule has 1 aromatic carbocycles. The topological polar surface area (TPSA) is 60.5 Å². The van der Waals surface area contributed by atoms with Crippen LogP contribution >= 0.6 is 22.7 Å². The zero-order valence-corrected chi connectivity index (χ0v) is 17.3. The molecule has 7 heteroatoms. The molecule has 0 radical (unpaired) electrons. The highest BCUT2D eigenvalue weighted by Crippen LogP contribution is 2.32. The maximum absolute atomic E-state index is 12.6. The van der Waals surface area contributed by atoms with Crippen molar-refractivity contribution in [2.45, 2.75) is 32.9 Å². The summed E-state index contributed by atoms with van der Waals surface area (Å²) in [6.07, 6.45) is 1.69. The van der Waals surface area contributed by atoms with Crippen molar-refractivity contribution in [3.63, 3.8) is 0 Å². The van der Waals surface area contributed by atoms with Crippen molar-refractivity contribution >= 4 is 28.6 Å². The van der Waals surface area contributed by atoms with Crippen molar-refractivity contribution in [3.8, 4) is 21.4 Å². The highest BCUT2D eigenvalue weighted by Gasteiger charge is 2.17. The average molecular weight is 403 g/mol. The second kappa shape index (κ2) is 8.54. The Morgan fingerprint density at radius 3 is 2.67 bits per heavy atom. The number of carbonyl (C=O) groups is 1. The summed E-state index contributed by atoms with van der Waals surface area (Å²) in [4.78, 5) is 18.6. The largest absolute Gasteiger partial charge is 0.493 e. The van der Waals surface area contributed by atoms with Gasteiger partial charge in [-0.3, -0.25) is 4.79 Å². The Bertz CT molecular complexity index is 904. The maximum atomic E-state index is 12.6. The summed E-state index contributed by atoms with van der Waals surface area (Å²) in [5, 5.41) is 5.88. The van der Waals surface area contributed by atoms with Crippen molar-refractivity contribution < 1.29 is 14.3 Å². The van der Waals surface area contributed by atoms with Gasteiger partial charge in [0.25, 0.3) is 5.91 Å². The molecule has 1 N–H and O–H groups in total. The number of nitrogens with zero attached hydrogens (tertiary/aromatic N) is 1. The van der Waals surface area contributed by atoms with Crippen LogP contribution in [0.3, 0.4) is 0 Å². The minimum absolute atomic E-state index is 0.0609. The molecule has 0 spiro atoms. The Morgan fingerprint density at radius 1 is 1.19 bits per heavy atom. The number of benzene rings is 1. The van der Waals surface area contributed by atoms with E-state index in [2.05, 4.69) is 10.3 Å². The standard InChI is InChI=1S/C20H22N2O3S2/c1-12(2)25-15-8-7-14(10-16(15)24-4)13(3)22-19(23)18-11-21-20(27-18)17-6-5-9-26-17/h5-13H,1-4H3,(H,22,23). The van der Waals surface area contributed by atoms with E-state index >= 15 is 0 Å². The minimum Gasteiger partial charge on any atom is -0.493 e. The zero-order valence-electron chi connectivity index (χ0n) is 15.7. The molecule has 1 atom stereocenters. The van der Waals surface area contributed by atoms with Gasteiger partial charge in [-0.15, -0.1) is 22.7 Å². The molecule has 2 aromatic heterocycles. The van der Waals surface area contributed by atoms with Gasteiger partial charge in [-0.2, -0.15) is 0 Å². The molecular formula is C20H22N2O3S2. The number of amides is 1. The number of nitrogens with one attached hydrogen (secondary N) is 1. The summed E-state index contributed by atoms with van der Waals surface area (Å²) in [5.41, 5.74) is 0.944. The molecule has 3 aromatic rings. The number of thiophene rings is 1. The minimum atomic E-state index is -0.174. The van der Waals surface area contributed by atoms with Crippen LogP contribution in [0.4, 0.5) is 0 Å². The third-order valence-electron chi connectivity index (χ3n) is 3.86. The van der Waals surface area contributed by atoms with Crippen molar-refractivity contribution in [2.24, 2.45) is 0 Å². The molecule has 0 saturated carbocycles.